The van der Waals surface area contributed by atoms with Crippen molar-refractivity contribution in [3.63, 3.8) is 0 Å². The maximum absolute atomic E-state index is 12.6. The lowest BCUT2D eigenvalue weighted by Gasteiger charge is -2.29. The van der Waals surface area contributed by atoms with Gasteiger partial charge in [-0.3, -0.25) is 19.7 Å². The molecule has 0 spiro atoms. The normalized spacial score (nSPS) is 20.0. The van der Waals surface area contributed by atoms with E-state index in [0.717, 1.165) is 37.1 Å². The van der Waals surface area contributed by atoms with Crippen molar-refractivity contribution in [1.29, 1.82) is 0 Å². The number of carbonyl (C=O) groups is 3. The van der Waals surface area contributed by atoms with E-state index in [9.17, 15) is 14.4 Å². The molecule has 3 amide bonds. The lowest BCUT2D eigenvalue weighted by atomic mass is 10.0. The third-order valence-corrected chi connectivity index (χ3v) is 4.74. The summed E-state index contributed by atoms with van der Waals surface area (Å²) in [5.74, 6) is -0.770. The van der Waals surface area contributed by atoms with E-state index in [1.165, 1.54) is 0 Å². The smallest absolute Gasteiger partial charge is 0.255 e. The summed E-state index contributed by atoms with van der Waals surface area (Å²) in [6.07, 6.45) is 2.50. The zero-order chi connectivity index (χ0) is 17.8. The lowest BCUT2D eigenvalue weighted by molar-refractivity contribution is -0.136. The number of benzene rings is 1. The van der Waals surface area contributed by atoms with Gasteiger partial charge >= 0.3 is 0 Å². The zero-order valence-corrected chi connectivity index (χ0v) is 14.2. The van der Waals surface area contributed by atoms with Crippen LogP contribution in [0.5, 0.6) is 0 Å². The number of nitrogens with zero attached hydrogens (tertiary/aromatic N) is 1. The van der Waals surface area contributed by atoms with Gasteiger partial charge in [0.15, 0.2) is 0 Å². The molecular weight excluding hydrogens is 320 g/mol. The first-order valence-corrected chi connectivity index (χ1v) is 8.77. The Hall–Kier alpha value is -2.25. The van der Waals surface area contributed by atoms with E-state index in [4.69, 9.17) is 5.73 Å². The second kappa shape index (κ2) is 7.76. The highest BCUT2D eigenvalue weighted by molar-refractivity contribution is 6.05. The highest BCUT2D eigenvalue weighted by atomic mass is 16.2. The summed E-state index contributed by atoms with van der Waals surface area (Å²) < 4.78 is 0. The Morgan fingerprint density at radius 2 is 2.08 bits per heavy atom. The van der Waals surface area contributed by atoms with Crippen LogP contribution in [-0.4, -0.2) is 48.3 Å². The summed E-state index contributed by atoms with van der Waals surface area (Å²) >= 11 is 0. The van der Waals surface area contributed by atoms with Crippen LogP contribution in [0.4, 0.5) is 0 Å². The lowest BCUT2D eigenvalue weighted by Crippen LogP contribution is -2.52. The molecule has 2 aliphatic rings. The van der Waals surface area contributed by atoms with Crippen LogP contribution < -0.4 is 16.4 Å². The third-order valence-electron chi connectivity index (χ3n) is 4.74. The molecule has 1 fully saturated rings. The molecule has 0 radical (unpaired) electrons. The minimum Gasteiger partial charge on any atom is -0.330 e. The number of piperidine rings is 1. The van der Waals surface area contributed by atoms with E-state index in [0.29, 0.717) is 25.1 Å². The molecule has 3 rings (SSSR count). The van der Waals surface area contributed by atoms with Crippen molar-refractivity contribution in [1.82, 2.24) is 15.5 Å². The van der Waals surface area contributed by atoms with E-state index >= 15 is 0 Å². The quantitative estimate of drug-likeness (QED) is 0.474. The Morgan fingerprint density at radius 1 is 1.24 bits per heavy atom. The zero-order valence-electron chi connectivity index (χ0n) is 14.2. The van der Waals surface area contributed by atoms with Crippen molar-refractivity contribution < 1.29 is 14.4 Å². The molecule has 0 aromatic heterocycles. The first kappa shape index (κ1) is 17.6. The monoisotopic (exact) mass is 344 g/mol. The fourth-order valence-electron chi connectivity index (χ4n) is 3.37. The van der Waals surface area contributed by atoms with Gasteiger partial charge in [-0.05, 0) is 56.1 Å². The number of carbonyl (C=O) groups excluding carboxylic acids is 3. The van der Waals surface area contributed by atoms with Crippen molar-refractivity contribution >= 4 is 17.7 Å². The third kappa shape index (κ3) is 3.88. The van der Waals surface area contributed by atoms with Crippen LogP contribution in [0.25, 0.3) is 0 Å². The van der Waals surface area contributed by atoms with E-state index in [-0.39, 0.29) is 24.1 Å². The molecule has 25 heavy (non-hydrogen) atoms. The molecule has 4 N–H and O–H groups in total. The topological polar surface area (TPSA) is 105 Å². The minimum atomic E-state index is -0.557. The van der Waals surface area contributed by atoms with Gasteiger partial charge in [0.05, 0.1) is 0 Å². The predicted molar refractivity (Wildman–Crippen MR) is 92.7 cm³/mol. The van der Waals surface area contributed by atoms with Gasteiger partial charge in [-0.15, -0.1) is 0 Å². The SMILES string of the molecule is NCCCNCCc1ccc2c(c1)CN([C@H]1CCC(=O)NC1=O)C2=O. The Morgan fingerprint density at radius 3 is 2.84 bits per heavy atom. The van der Waals surface area contributed by atoms with Crippen LogP contribution >= 0.6 is 0 Å². The summed E-state index contributed by atoms with van der Waals surface area (Å²) in [6, 6.07) is 5.30. The number of imide groups is 1. The van der Waals surface area contributed by atoms with Crippen LogP contribution in [0.15, 0.2) is 18.2 Å². The van der Waals surface area contributed by atoms with Gasteiger partial charge in [-0.25, -0.2) is 0 Å². The molecule has 1 saturated heterocycles. The fraction of sp³-hybridized carbons (Fsp3) is 0.500. The molecule has 134 valence electrons. The first-order chi connectivity index (χ1) is 12.1. The summed E-state index contributed by atoms with van der Waals surface area (Å²) in [7, 11) is 0. The first-order valence-electron chi connectivity index (χ1n) is 8.77. The van der Waals surface area contributed by atoms with E-state index in [1.54, 1.807) is 4.90 Å². The number of nitrogens with one attached hydrogen (secondary N) is 2. The van der Waals surface area contributed by atoms with Crippen LogP contribution in [-0.2, 0) is 22.6 Å². The number of amides is 3. The molecule has 1 aromatic carbocycles. The summed E-state index contributed by atoms with van der Waals surface area (Å²) in [5.41, 5.74) is 8.24. The Kier molecular flexibility index (Phi) is 5.45. The van der Waals surface area contributed by atoms with Crippen molar-refractivity contribution in [3.8, 4) is 0 Å². The second-order valence-corrected chi connectivity index (χ2v) is 6.53. The molecule has 0 aliphatic carbocycles. The summed E-state index contributed by atoms with van der Waals surface area (Å²) in [4.78, 5) is 37.5. The molecule has 0 saturated carbocycles. The van der Waals surface area contributed by atoms with Gasteiger partial charge in [-0.2, -0.15) is 0 Å². The standard InChI is InChI=1S/C18H24N4O3/c19-7-1-8-20-9-6-12-2-3-14-13(10-12)11-22(18(14)25)15-4-5-16(23)21-17(15)24/h2-3,10,15,20H,1,4-9,11,19H2,(H,21,23,24)/t15-/m0/s1. The highest BCUT2D eigenvalue weighted by Crippen LogP contribution is 2.28. The largest absolute Gasteiger partial charge is 0.330 e. The molecule has 7 heteroatoms. The fourth-order valence-corrected chi connectivity index (χ4v) is 3.37. The molecule has 7 nitrogen and oxygen atoms in total. The number of rotatable bonds is 7. The summed E-state index contributed by atoms with van der Waals surface area (Å²) in [5, 5.41) is 5.66. The van der Waals surface area contributed by atoms with Gasteiger partial charge in [0, 0.05) is 18.5 Å². The Labute approximate surface area is 146 Å². The second-order valence-electron chi connectivity index (χ2n) is 6.53. The van der Waals surface area contributed by atoms with Crippen LogP contribution in [0.1, 0.15) is 40.7 Å². The number of hydrogen-bond acceptors (Lipinski definition) is 5. The van der Waals surface area contributed by atoms with Crippen LogP contribution in [0, 0.1) is 0 Å². The maximum atomic E-state index is 12.6. The van der Waals surface area contributed by atoms with Gasteiger partial charge in [0.2, 0.25) is 11.8 Å². The van der Waals surface area contributed by atoms with E-state index in [2.05, 4.69) is 10.6 Å². The summed E-state index contributed by atoms with van der Waals surface area (Å²) in [6.45, 7) is 2.88. The maximum Gasteiger partial charge on any atom is 0.255 e. The number of fused-ring (bicyclic) bond motifs is 1. The van der Waals surface area contributed by atoms with Crippen LogP contribution in [0.2, 0.25) is 0 Å². The molecule has 1 aromatic rings. The predicted octanol–water partition coefficient (Wildman–Crippen LogP) is -0.0715. The van der Waals surface area contributed by atoms with Crippen molar-refractivity contribution in [2.24, 2.45) is 5.73 Å². The van der Waals surface area contributed by atoms with Crippen molar-refractivity contribution in [2.75, 3.05) is 19.6 Å². The highest BCUT2D eigenvalue weighted by Gasteiger charge is 2.38. The number of nitrogens with two attached hydrogens (primary N) is 1. The minimum absolute atomic E-state index is 0.128. The molecule has 2 heterocycles. The van der Waals surface area contributed by atoms with Gasteiger partial charge in [0.1, 0.15) is 6.04 Å². The molecule has 2 aliphatic heterocycles. The molecule has 0 bridgehead atoms. The average molecular weight is 344 g/mol. The van der Waals surface area contributed by atoms with Crippen molar-refractivity contribution in [3.05, 3.63) is 34.9 Å². The molecular formula is C18H24N4O3. The molecule has 1 atom stereocenters. The van der Waals surface area contributed by atoms with Gasteiger partial charge < -0.3 is 16.0 Å². The molecule has 0 unspecified atom stereocenters. The van der Waals surface area contributed by atoms with Crippen LogP contribution in [0.3, 0.4) is 0 Å². The Balaban J connectivity index is 1.63. The van der Waals surface area contributed by atoms with E-state index < -0.39 is 6.04 Å². The van der Waals surface area contributed by atoms with Gasteiger partial charge in [0.25, 0.3) is 5.91 Å². The van der Waals surface area contributed by atoms with Gasteiger partial charge in [-0.1, -0.05) is 12.1 Å². The Bertz CT molecular complexity index is 689. The average Bonchev–Trinajstić information content (AvgIpc) is 2.91. The van der Waals surface area contributed by atoms with Crippen molar-refractivity contribution in [2.45, 2.75) is 38.3 Å². The van der Waals surface area contributed by atoms with E-state index in [1.807, 2.05) is 18.2 Å². The number of hydrogen-bond donors (Lipinski definition) is 3.